The highest BCUT2D eigenvalue weighted by molar-refractivity contribution is 14.1. The predicted octanol–water partition coefficient (Wildman–Crippen LogP) is 6.86. The number of hydrogen-bond donors (Lipinski definition) is 1. The number of halogens is 2. The number of fused-ring (bicyclic) bond motifs is 4. The normalized spacial score (nSPS) is 27.5. The molecule has 3 saturated heterocycles. The summed E-state index contributed by atoms with van der Waals surface area (Å²) in [7, 11) is 1.47. The number of amides is 4. The molecule has 6 atom stereocenters. The fourth-order valence-corrected chi connectivity index (χ4v) is 10.7. The smallest absolute Gasteiger partial charge is 0.246 e. The highest BCUT2D eigenvalue weighted by Crippen LogP contribution is 2.65. The number of nitrogens with zero attached hydrogens (tertiary/aromatic N) is 3. The summed E-state index contributed by atoms with van der Waals surface area (Å²) < 4.78 is 11.6. The monoisotopic (exact) mass is 869 g/mol. The quantitative estimate of drug-likeness (QED) is 0.127. The Labute approximate surface area is 336 Å². The van der Waals surface area contributed by atoms with Crippen molar-refractivity contribution in [2.75, 3.05) is 48.1 Å². The van der Waals surface area contributed by atoms with Crippen molar-refractivity contribution in [3.05, 3.63) is 122 Å². The van der Waals surface area contributed by atoms with E-state index in [1.54, 1.807) is 30.3 Å². The molecule has 0 aromatic heterocycles. The number of benzene rings is 4. The van der Waals surface area contributed by atoms with Crippen LogP contribution in [0.3, 0.4) is 0 Å². The fourth-order valence-electron chi connectivity index (χ4n) is 9.92. The molecule has 1 N–H and O–H groups in total. The molecular formula is C43H37ClIN3O7. The Balaban J connectivity index is 1.20. The van der Waals surface area contributed by atoms with Gasteiger partial charge in [-0.2, -0.15) is 0 Å². The second-order valence-electron chi connectivity index (χ2n) is 14.8. The van der Waals surface area contributed by atoms with E-state index in [0.29, 0.717) is 50.7 Å². The second kappa shape index (κ2) is 13.8. The van der Waals surface area contributed by atoms with Gasteiger partial charge in [0, 0.05) is 29.7 Å². The molecule has 12 heteroatoms. The van der Waals surface area contributed by atoms with E-state index in [1.807, 2.05) is 89.3 Å². The number of hydrogen-bond acceptors (Lipinski definition) is 8. The van der Waals surface area contributed by atoms with Gasteiger partial charge in [0.2, 0.25) is 23.6 Å². The third-order valence-electron chi connectivity index (χ3n) is 12.3. The first-order valence-electron chi connectivity index (χ1n) is 18.4. The number of imide groups is 2. The number of morpholine rings is 1. The molecule has 0 spiro atoms. The first-order valence-corrected chi connectivity index (χ1v) is 19.9. The molecule has 3 heterocycles. The summed E-state index contributed by atoms with van der Waals surface area (Å²) >= 11 is 8.48. The van der Waals surface area contributed by atoms with E-state index in [9.17, 15) is 14.7 Å². The predicted molar refractivity (Wildman–Crippen MR) is 215 cm³/mol. The number of allylic oxidation sites excluding steroid dienone is 2. The van der Waals surface area contributed by atoms with Crippen LogP contribution in [0.5, 0.6) is 11.5 Å². The highest BCUT2D eigenvalue weighted by Gasteiger charge is 2.70. The van der Waals surface area contributed by atoms with Gasteiger partial charge in [0.05, 0.1) is 58.4 Å². The van der Waals surface area contributed by atoms with E-state index in [2.05, 4.69) is 4.90 Å². The molecule has 4 aromatic carbocycles. The minimum Gasteiger partial charge on any atom is -0.504 e. The molecule has 1 saturated carbocycles. The van der Waals surface area contributed by atoms with Crippen LogP contribution in [0.25, 0.3) is 0 Å². The molecule has 2 aliphatic carbocycles. The number of rotatable bonds is 6. The van der Waals surface area contributed by atoms with Crippen LogP contribution in [0, 0.1) is 27.2 Å². The Morgan fingerprint density at radius 2 is 1.55 bits per heavy atom. The van der Waals surface area contributed by atoms with Crippen molar-refractivity contribution in [2.45, 2.75) is 24.2 Å². The summed E-state index contributed by atoms with van der Waals surface area (Å²) in [5, 5.41) is 11.3. The zero-order valence-corrected chi connectivity index (χ0v) is 32.8. The number of aromatic hydroxyl groups is 1. The van der Waals surface area contributed by atoms with Crippen LogP contribution in [0.2, 0.25) is 5.02 Å². The number of ether oxygens (including phenoxy) is 2. The number of carbonyl (C=O) groups is 4. The van der Waals surface area contributed by atoms with Gasteiger partial charge in [0.15, 0.2) is 11.5 Å². The van der Waals surface area contributed by atoms with Crippen molar-refractivity contribution in [1.29, 1.82) is 0 Å². The van der Waals surface area contributed by atoms with Crippen molar-refractivity contribution < 1.29 is 33.8 Å². The van der Waals surface area contributed by atoms with Gasteiger partial charge in [-0.1, -0.05) is 59.6 Å². The maximum atomic E-state index is 15.5. The molecule has 9 rings (SSSR count). The van der Waals surface area contributed by atoms with Gasteiger partial charge in [-0.25, -0.2) is 4.90 Å². The SMILES string of the molecule is COc1cc(C2C3=CCC4C(=O)N(c5ccc(N6CCOCC6)cc5)C(=O)C4C3CC3C(=O)N(c4cccc(Cl)c4)C(=O)C32c2ccccc2)cc(I)c1O. The third-order valence-corrected chi connectivity index (χ3v) is 13.3. The molecule has 4 amide bonds. The van der Waals surface area contributed by atoms with Gasteiger partial charge in [-0.15, -0.1) is 0 Å². The molecular weight excluding hydrogens is 833 g/mol. The molecule has 4 fully saturated rings. The number of anilines is 3. The Morgan fingerprint density at radius 1 is 0.818 bits per heavy atom. The van der Waals surface area contributed by atoms with E-state index in [4.69, 9.17) is 21.1 Å². The lowest BCUT2D eigenvalue weighted by Gasteiger charge is -2.50. The van der Waals surface area contributed by atoms with Crippen LogP contribution < -0.4 is 19.4 Å². The van der Waals surface area contributed by atoms with Crippen LogP contribution in [-0.4, -0.2) is 62.1 Å². The van der Waals surface area contributed by atoms with Gasteiger partial charge in [-0.05, 0) is 107 Å². The maximum absolute atomic E-state index is 15.5. The molecule has 0 radical (unpaired) electrons. The number of phenols is 1. The Hall–Kier alpha value is -4.72. The van der Waals surface area contributed by atoms with Crippen LogP contribution >= 0.6 is 34.2 Å². The lowest BCUT2D eigenvalue weighted by atomic mass is 9.49. The third kappa shape index (κ3) is 5.44. The van der Waals surface area contributed by atoms with Crippen LogP contribution in [0.1, 0.15) is 29.9 Å². The number of methoxy groups -OCH3 is 1. The average Bonchev–Trinajstić information content (AvgIpc) is 3.60. The van der Waals surface area contributed by atoms with Crippen molar-refractivity contribution in [2.24, 2.45) is 23.7 Å². The van der Waals surface area contributed by atoms with E-state index < -0.39 is 46.8 Å². The molecule has 6 unspecified atom stereocenters. The molecule has 5 aliphatic rings. The van der Waals surface area contributed by atoms with E-state index in [1.165, 1.54) is 16.9 Å². The maximum Gasteiger partial charge on any atom is 0.246 e. The number of carbonyl (C=O) groups excluding carboxylic acids is 4. The summed E-state index contributed by atoms with van der Waals surface area (Å²) in [5.41, 5.74) is 2.55. The average molecular weight is 870 g/mol. The molecule has 0 bridgehead atoms. The number of phenolic OH excluding ortho intramolecular Hbond substituents is 1. The first kappa shape index (κ1) is 35.9. The van der Waals surface area contributed by atoms with Gasteiger partial charge >= 0.3 is 0 Å². The van der Waals surface area contributed by atoms with Crippen molar-refractivity contribution in [3.8, 4) is 11.5 Å². The molecule has 10 nitrogen and oxygen atoms in total. The van der Waals surface area contributed by atoms with Gasteiger partial charge in [-0.3, -0.25) is 24.1 Å². The Morgan fingerprint density at radius 3 is 2.25 bits per heavy atom. The lowest BCUT2D eigenvalue weighted by Crippen LogP contribution is -2.53. The summed E-state index contributed by atoms with van der Waals surface area (Å²) in [5.74, 6) is -4.76. The van der Waals surface area contributed by atoms with Crippen LogP contribution in [-0.2, 0) is 29.3 Å². The van der Waals surface area contributed by atoms with Gasteiger partial charge in [0.1, 0.15) is 0 Å². The highest BCUT2D eigenvalue weighted by atomic mass is 127. The standard InChI is InChI=1S/C43H37ClIN3O7/c1-54-35-21-24(20-34(45)38(35)49)37-30-14-15-31-36(41(52)47(39(31)50)28-12-10-27(11-13-28)46-16-18-55-19-17-46)32(30)23-33-40(51)48(29-9-5-8-26(44)22-29)42(53)43(33,37)25-6-3-2-4-7-25/h2-14,20-22,31-33,36-37,49H,15-19,23H2,1H3. The first-order chi connectivity index (χ1) is 26.6. The zero-order chi connectivity index (χ0) is 38.2. The minimum absolute atomic E-state index is 0.0385. The van der Waals surface area contributed by atoms with Crippen LogP contribution in [0.15, 0.2) is 103 Å². The van der Waals surface area contributed by atoms with E-state index in [0.717, 1.165) is 24.4 Å². The van der Waals surface area contributed by atoms with Crippen LogP contribution in [0.4, 0.5) is 17.1 Å². The molecule has 4 aromatic rings. The van der Waals surface area contributed by atoms with Crippen molar-refractivity contribution >= 4 is 74.9 Å². The minimum atomic E-state index is -1.44. The largest absolute Gasteiger partial charge is 0.504 e. The molecule has 280 valence electrons. The summed E-state index contributed by atoms with van der Waals surface area (Å²) in [6.07, 6.45) is 2.50. The topological polar surface area (TPSA) is 117 Å². The Kier molecular flexibility index (Phi) is 9.01. The summed E-state index contributed by atoms with van der Waals surface area (Å²) in [6.45, 7) is 2.80. The zero-order valence-electron chi connectivity index (χ0n) is 29.9. The van der Waals surface area contributed by atoms with E-state index in [-0.39, 0.29) is 29.7 Å². The molecule has 55 heavy (non-hydrogen) atoms. The van der Waals surface area contributed by atoms with E-state index >= 15 is 9.59 Å². The fraction of sp³-hybridized carbons (Fsp3) is 0.302. The lowest BCUT2D eigenvalue weighted by molar-refractivity contribution is -0.127. The van der Waals surface area contributed by atoms with Gasteiger partial charge in [0.25, 0.3) is 0 Å². The van der Waals surface area contributed by atoms with Crippen molar-refractivity contribution in [3.63, 3.8) is 0 Å². The van der Waals surface area contributed by atoms with Crippen molar-refractivity contribution in [1.82, 2.24) is 0 Å². The molecule has 3 aliphatic heterocycles. The summed E-state index contributed by atoms with van der Waals surface area (Å²) in [4.78, 5) is 64.3. The van der Waals surface area contributed by atoms with Gasteiger partial charge < -0.3 is 19.5 Å². The Bertz CT molecular complexity index is 2280. The summed E-state index contributed by atoms with van der Waals surface area (Å²) in [6, 6.07) is 27.1. The second-order valence-corrected chi connectivity index (χ2v) is 16.4.